The number of likely N-dealkylation sites (tertiary alicyclic amines) is 1. The maximum atomic E-state index is 13.5. The molecule has 5 rings (SSSR count). The Balaban J connectivity index is 1.28. The lowest BCUT2D eigenvalue weighted by Gasteiger charge is -2.33. The molecular weight excluding hydrogens is 777 g/mol. The number of nitro benzene ring substituents is 1. The second kappa shape index (κ2) is 19.4. The zero-order chi connectivity index (χ0) is 43.7. The smallest absolute Gasteiger partial charge is 0.410 e. The number of nitrogens with zero attached hydrogens (tertiary/aromatic N) is 6. The summed E-state index contributed by atoms with van der Waals surface area (Å²) in [4.78, 5) is 68.1. The van der Waals surface area contributed by atoms with Gasteiger partial charge in [0.15, 0.2) is 5.69 Å². The second-order valence-corrected chi connectivity index (χ2v) is 15.5. The summed E-state index contributed by atoms with van der Waals surface area (Å²) in [5.41, 5.74) is 12.2. The number of unbranched alkanes of at least 4 members (excludes halogenated alkanes) is 1. The Morgan fingerprint density at radius 2 is 1.68 bits per heavy atom. The summed E-state index contributed by atoms with van der Waals surface area (Å²) in [5, 5.41) is 22.5. The molecule has 1 aliphatic heterocycles. The highest BCUT2D eigenvalue weighted by atomic mass is 16.6. The maximum absolute atomic E-state index is 13.5. The number of nitrogens with two attached hydrogens (primary N) is 2. The first kappa shape index (κ1) is 44.4. The molecule has 1 fully saturated rings. The second-order valence-electron chi connectivity index (χ2n) is 15.5. The minimum absolute atomic E-state index is 0.0679. The van der Waals surface area contributed by atoms with E-state index in [4.69, 9.17) is 25.7 Å². The number of carbonyl (C=O) groups is 4. The van der Waals surface area contributed by atoms with Gasteiger partial charge in [0.25, 0.3) is 11.6 Å². The molecule has 0 saturated carbocycles. The highest BCUT2D eigenvalue weighted by molar-refractivity contribution is 6.04. The third-order valence-electron chi connectivity index (χ3n) is 9.92. The molecule has 0 unspecified atom stereocenters. The van der Waals surface area contributed by atoms with Crippen LogP contribution in [-0.4, -0.2) is 91.9 Å². The Kier molecular flexibility index (Phi) is 14.4. The minimum Gasteiger partial charge on any atom is -0.494 e. The van der Waals surface area contributed by atoms with Crippen molar-refractivity contribution in [1.82, 2.24) is 24.2 Å². The van der Waals surface area contributed by atoms with Crippen LogP contribution >= 0.6 is 0 Å². The molecular formula is C41H54N10O9. The van der Waals surface area contributed by atoms with Crippen molar-refractivity contribution < 1.29 is 38.3 Å². The topological polar surface area (TPSA) is 254 Å². The zero-order valence-corrected chi connectivity index (χ0v) is 34.9. The molecule has 0 aliphatic carbocycles. The van der Waals surface area contributed by atoms with E-state index in [1.807, 2.05) is 27.7 Å². The van der Waals surface area contributed by atoms with Crippen LogP contribution in [0.3, 0.4) is 0 Å². The number of fused-ring (bicyclic) bond motifs is 1. The number of ether oxygens (including phenoxy) is 3. The Bertz CT molecular complexity index is 2270. The third-order valence-corrected chi connectivity index (χ3v) is 9.92. The van der Waals surface area contributed by atoms with Gasteiger partial charge in [-0.15, -0.1) is 0 Å². The van der Waals surface area contributed by atoms with Gasteiger partial charge in [-0.2, -0.15) is 5.10 Å². The lowest BCUT2D eigenvalue weighted by atomic mass is 9.92. The number of rotatable bonds is 18. The number of imidazole rings is 1. The average Bonchev–Trinajstić information content (AvgIpc) is 3.75. The van der Waals surface area contributed by atoms with Crippen LogP contribution < -0.4 is 31.6 Å². The van der Waals surface area contributed by atoms with Crippen LogP contribution in [0.25, 0.3) is 11.0 Å². The van der Waals surface area contributed by atoms with Crippen molar-refractivity contribution in [2.75, 3.05) is 44.0 Å². The minimum atomic E-state index is -0.838. The zero-order valence-electron chi connectivity index (χ0n) is 34.9. The number of anilines is 2. The van der Waals surface area contributed by atoms with Gasteiger partial charge in [0.05, 0.1) is 29.9 Å². The SMILES string of the molecule is CCn1nc(C)cc1C(=O)Nc1nc2cc(C(N)=O)cc(OC)c2n1C/C=C/CNc1c(OCCCCC2CCN(C(=O)OC(C)(C)C)CC2)cc(C(N)=O)cc1[N+](=O)[O-]. The molecule has 2 aromatic carbocycles. The standard InChI is InChI=1S/C41H54N10O9/c1-7-50-31(20-25(2)47-50)38(54)46-39-45-29-21-27(36(42)52)24-33(58-6)35(29)49(39)16-10-9-15-44-34-30(51(56)57)22-28(37(43)53)23-32(34)59-19-11-8-12-26-13-17-48(18-14-26)40(55)60-41(3,4)5/h9-10,20-24,26,44H,7-8,11-19H2,1-6H3,(H2,42,52)(H2,43,53)(H,45,46,54)/b10-9+. The molecule has 4 aromatic rings. The van der Waals surface area contributed by atoms with Crippen LogP contribution in [0.1, 0.15) is 96.7 Å². The van der Waals surface area contributed by atoms with Crippen molar-refractivity contribution in [3.8, 4) is 11.5 Å². The number of allylic oxidation sites excluding steroid dienone is 1. The molecule has 4 amide bonds. The summed E-state index contributed by atoms with van der Waals surface area (Å²) in [5.74, 6) is -0.954. The van der Waals surface area contributed by atoms with E-state index in [0.717, 1.165) is 31.7 Å². The average molecular weight is 831 g/mol. The van der Waals surface area contributed by atoms with Gasteiger partial charge < -0.3 is 40.5 Å². The van der Waals surface area contributed by atoms with Gasteiger partial charge in [0.1, 0.15) is 28.3 Å². The molecule has 2 aromatic heterocycles. The van der Waals surface area contributed by atoms with Crippen molar-refractivity contribution in [2.45, 2.75) is 85.4 Å². The van der Waals surface area contributed by atoms with Crippen LogP contribution in [0.15, 0.2) is 42.5 Å². The number of aromatic nitrogens is 4. The summed E-state index contributed by atoms with van der Waals surface area (Å²) >= 11 is 0. The number of nitro groups is 1. The highest BCUT2D eigenvalue weighted by Crippen LogP contribution is 2.37. The monoisotopic (exact) mass is 830 g/mol. The van der Waals surface area contributed by atoms with Gasteiger partial charge in [0.2, 0.25) is 17.8 Å². The van der Waals surface area contributed by atoms with Crippen LogP contribution in [0, 0.1) is 23.0 Å². The van der Waals surface area contributed by atoms with E-state index in [9.17, 15) is 29.3 Å². The van der Waals surface area contributed by atoms with E-state index in [2.05, 4.69) is 20.7 Å². The molecule has 19 heteroatoms. The van der Waals surface area contributed by atoms with Gasteiger partial charge in [-0.3, -0.25) is 34.5 Å². The van der Waals surface area contributed by atoms with Crippen molar-refractivity contribution in [1.29, 1.82) is 0 Å². The number of carbonyl (C=O) groups excluding carboxylic acids is 4. The van der Waals surface area contributed by atoms with E-state index in [1.54, 1.807) is 39.3 Å². The molecule has 1 saturated heterocycles. The van der Waals surface area contributed by atoms with E-state index >= 15 is 0 Å². The summed E-state index contributed by atoms with van der Waals surface area (Å²) in [6.07, 6.45) is 7.35. The lowest BCUT2D eigenvalue weighted by Crippen LogP contribution is -2.41. The molecule has 0 bridgehead atoms. The number of aryl methyl sites for hydroxylation is 2. The molecule has 3 heterocycles. The summed E-state index contributed by atoms with van der Waals surface area (Å²) in [7, 11) is 1.44. The summed E-state index contributed by atoms with van der Waals surface area (Å²) in [6.45, 7) is 11.4. The van der Waals surface area contributed by atoms with Gasteiger partial charge in [0, 0.05) is 49.9 Å². The number of nitrogens with one attached hydrogen (secondary N) is 2. The molecule has 0 atom stereocenters. The van der Waals surface area contributed by atoms with Crippen LogP contribution in [-0.2, 0) is 17.8 Å². The highest BCUT2D eigenvalue weighted by Gasteiger charge is 2.27. The molecule has 1 aliphatic rings. The Hall–Kier alpha value is -6.66. The van der Waals surface area contributed by atoms with E-state index in [-0.39, 0.29) is 60.0 Å². The molecule has 0 spiro atoms. The van der Waals surface area contributed by atoms with Gasteiger partial charge in [-0.1, -0.05) is 18.6 Å². The van der Waals surface area contributed by atoms with Crippen LogP contribution in [0.4, 0.5) is 22.1 Å². The Morgan fingerprint density at radius 3 is 2.32 bits per heavy atom. The summed E-state index contributed by atoms with van der Waals surface area (Å²) in [6, 6.07) is 7.15. The van der Waals surface area contributed by atoms with Gasteiger partial charge in [-0.05, 0) is 90.5 Å². The molecule has 322 valence electrons. The predicted molar refractivity (Wildman–Crippen MR) is 225 cm³/mol. The third kappa shape index (κ3) is 11.1. The normalized spacial score (nSPS) is 13.4. The van der Waals surface area contributed by atoms with Crippen molar-refractivity contribution >= 4 is 52.2 Å². The fourth-order valence-electron chi connectivity index (χ4n) is 6.99. The quantitative estimate of drug-likeness (QED) is 0.0402. The molecule has 19 nitrogen and oxygen atoms in total. The first-order chi connectivity index (χ1) is 28.5. The molecule has 0 radical (unpaired) electrons. The van der Waals surface area contributed by atoms with Crippen molar-refractivity contribution in [3.63, 3.8) is 0 Å². The number of methoxy groups -OCH3 is 1. The fraction of sp³-hybridized carbons (Fsp3) is 0.463. The van der Waals surface area contributed by atoms with Crippen LogP contribution in [0.2, 0.25) is 0 Å². The van der Waals surface area contributed by atoms with E-state index in [0.29, 0.717) is 60.1 Å². The van der Waals surface area contributed by atoms with Crippen molar-refractivity contribution in [3.05, 3.63) is 75.1 Å². The molecule has 60 heavy (non-hydrogen) atoms. The Morgan fingerprint density at radius 1 is 1.00 bits per heavy atom. The van der Waals surface area contributed by atoms with E-state index < -0.39 is 28.2 Å². The van der Waals surface area contributed by atoms with Crippen molar-refractivity contribution in [2.24, 2.45) is 17.4 Å². The first-order valence-electron chi connectivity index (χ1n) is 19.8. The largest absolute Gasteiger partial charge is 0.494 e. The number of piperidine rings is 1. The number of hydrogen-bond donors (Lipinski definition) is 4. The van der Waals surface area contributed by atoms with E-state index in [1.165, 1.54) is 25.3 Å². The molecule has 6 N–H and O–H groups in total. The summed E-state index contributed by atoms with van der Waals surface area (Å²) < 4.78 is 20.4. The number of hydrogen-bond acceptors (Lipinski definition) is 12. The number of benzene rings is 2. The number of primary amides is 2. The van der Waals surface area contributed by atoms with Gasteiger partial charge >= 0.3 is 6.09 Å². The maximum Gasteiger partial charge on any atom is 0.410 e. The van der Waals surface area contributed by atoms with Gasteiger partial charge in [-0.25, -0.2) is 9.78 Å². The fourth-order valence-corrected chi connectivity index (χ4v) is 6.99. The first-order valence-corrected chi connectivity index (χ1v) is 19.8. The van der Waals surface area contributed by atoms with Crippen LogP contribution in [0.5, 0.6) is 11.5 Å². The predicted octanol–water partition coefficient (Wildman–Crippen LogP) is 5.79. The lowest BCUT2D eigenvalue weighted by molar-refractivity contribution is -0.384. The number of amides is 4. The Labute approximate surface area is 347 Å².